The Balaban J connectivity index is 0.000000235. The summed E-state index contributed by atoms with van der Waals surface area (Å²) in [5.74, 6) is 0. The summed E-state index contributed by atoms with van der Waals surface area (Å²) in [6.45, 7) is 4.56. The zero-order valence-corrected chi connectivity index (χ0v) is 15.4. The van der Waals surface area contributed by atoms with E-state index in [9.17, 15) is 0 Å². The van der Waals surface area contributed by atoms with Gasteiger partial charge in [-0.3, -0.25) is 0 Å². The third-order valence-electron chi connectivity index (χ3n) is 4.37. The molecule has 0 saturated heterocycles. The average Bonchev–Trinajstić information content (AvgIpc) is 2.61. The second-order valence-electron chi connectivity index (χ2n) is 6.53. The minimum absolute atomic E-state index is 1.31. The second kappa shape index (κ2) is 14.3. The van der Waals surface area contributed by atoms with Gasteiger partial charge in [0.15, 0.2) is 0 Å². The van der Waals surface area contributed by atoms with Crippen LogP contribution in [0.4, 0.5) is 0 Å². The standard InChI is InChI=1S/C13H28.C10H8/c1-3-5-7-9-11-13-12-10-8-6-4-2;1-2-6-10-8-4-3-7-9(10)5-1/h3-13H2,1-2H3;1-8H. The predicted molar refractivity (Wildman–Crippen MR) is 106 cm³/mol. The molecular formula is C23H36. The Kier molecular flexibility index (Phi) is 12.3. The fourth-order valence-corrected chi connectivity index (χ4v) is 2.87. The SMILES string of the molecule is CCCCCCCCCCCCC.c1ccc2ccccc2c1. The Labute approximate surface area is 144 Å². The highest BCUT2D eigenvalue weighted by molar-refractivity contribution is 5.81. The number of fused-ring (bicyclic) bond motifs is 1. The Bertz CT molecular complexity index is 411. The lowest BCUT2D eigenvalue weighted by molar-refractivity contribution is 0.554. The first-order chi connectivity index (χ1) is 11.4. The first-order valence-electron chi connectivity index (χ1n) is 9.82. The third-order valence-corrected chi connectivity index (χ3v) is 4.37. The number of unbranched alkanes of at least 4 members (excludes halogenated alkanes) is 10. The van der Waals surface area contributed by atoms with Crippen molar-refractivity contribution in [2.45, 2.75) is 84.5 Å². The Hall–Kier alpha value is -1.30. The molecule has 0 aromatic heterocycles. The van der Waals surface area contributed by atoms with Gasteiger partial charge in [0.1, 0.15) is 0 Å². The van der Waals surface area contributed by atoms with Gasteiger partial charge in [0, 0.05) is 0 Å². The van der Waals surface area contributed by atoms with Gasteiger partial charge in [0.05, 0.1) is 0 Å². The number of rotatable bonds is 10. The molecule has 0 aliphatic rings. The molecule has 0 saturated carbocycles. The number of hydrogen-bond donors (Lipinski definition) is 0. The number of benzene rings is 2. The molecule has 0 fully saturated rings. The third kappa shape index (κ3) is 10.2. The van der Waals surface area contributed by atoms with Gasteiger partial charge in [-0.2, -0.15) is 0 Å². The first-order valence-corrected chi connectivity index (χ1v) is 9.82. The Morgan fingerprint density at radius 3 is 0.957 bits per heavy atom. The van der Waals surface area contributed by atoms with E-state index in [0.29, 0.717) is 0 Å². The molecule has 0 aliphatic heterocycles. The molecule has 0 heteroatoms. The molecule has 0 spiro atoms. The van der Waals surface area contributed by atoms with E-state index in [1.54, 1.807) is 0 Å². The highest BCUT2D eigenvalue weighted by atomic mass is 14.0. The van der Waals surface area contributed by atoms with Crippen LogP contribution in [0.2, 0.25) is 0 Å². The smallest absolute Gasteiger partial charge is 0.0184 e. The van der Waals surface area contributed by atoms with Crippen molar-refractivity contribution in [3.05, 3.63) is 48.5 Å². The van der Waals surface area contributed by atoms with Crippen molar-refractivity contribution in [1.82, 2.24) is 0 Å². The van der Waals surface area contributed by atoms with E-state index in [2.05, 4.69) is 62.4 Å². The lowest BCUT2D eigenvalue weighted by Crippen LogP contribution is -1.80. The summed E-state index contributed by atoms with van der Waals surface area (Å²) >= 11 is 0. The molecular weight excluding hydrogens is 276 g/mol. The molecule has 2 rings (SSSR count). The van der Waals surface area contributed by atoms with Gasteiger partial charge in [-0.1, -0.05) is 133 Å². The van der Waals surface area contributed by atoms with E-state index in [1.807, 2.05) is 0 Å². The molecule has 0 heterocycles. The summed E-state index contributed by atoms with van der Waals surface area (Å²) in [6.07, 6.45) is 15.9. The second-order valence-corrected chi connectivity index (χ2v) is 6.53. The summed E-state index contributed by atoms with van der Waals surface area (Å²) in [5, 5.41) is 2.62. The molecule has 0 unspecified atom stereocenters. The van der Waals surface area contributed by atoms with Gasteiger partial charge in [-0.25, -0.2) is 0 Å². The van der Waals surface area contributed by atoms with Crippen LogP contribution in [0.25, 0.3) is 10.8 Å². The molecule has 2 aromatic carbocycles. The van der Waals surface area contributed by atoms with Gasteiger partial charge in [0.25, 0.3) is 0 Å². The zero-order valence-electron chi connectivity index (χ0n) is 15.4. The fraction of sp³-hybridized carbons (Fsp3) is 0.565. The van der Waals surface area contributed by atoms with Crippen LogP contribution in [0.15, 0.2) is 48.5 Å². The minimum atomic E-state index is 1.31. The summed E-state index contributed by atoms with van der Waals surface area (Å²) in [4.78, 5) is 0. The van der Waals surface area contributed by atoms with Crippen LogP contribution in [0, 0.1) is 0 Å². The van der Waals surface area contributed by atoms with Gasteiger partial charge in [-0.05, 0) is 10.8 Å². The molecule has 128 valence electrons. The summed E-state index contributed by atoms with van der Waals surface area (Å²) in [6, 6.07) is 16.7. The Morgan fingerprint density at radius 2 is 0.696 bits per heavy atom. The van der Waals surface area contributed by atoms with Gasteiger partial charge in [0.2, 0.25) is 0 Å². The van der Waals surface area contributed by atoms with Crippen LogP contribution in [0.1, 0.15) is 84.5 Å². The molecule has 0 N–H and O–H groups in total. The predicted octanol–water partition coefficient (Wildman–Crippen LogP) is 8.16. The normalized spacial score (nSPS) is 10.3. The van der Waals surface area contributed by atoms with Crippen LogP contribution in [-0.4, -0.2) is 0 Å². The van der Waals surface area contributed by atoms with Crippen LogP contribution in [0.3, 0.4) is 0 Å². The van der Waals surface area contributed by atoms with Crippen molar-refractivity contribution >= 4 is 10.8 Å². The molecule has 23 heavy (non-hydrogen) atoms. The fourth-order valence-electron chi connectivity index (χ4n) is 2.87. The van der Waals surface area contributed by atoms with Gasteiger partial charge < -0.3 is 0 Å². The van der Waals surface area contributed by atoms with Crippen LogP contribution in [0.5, 0.6) is 0 Å². The maximum Gasteiger partial charge on any atom is -0.0184 e. The first kappa shape index (κ1) is 19.7. The van der Waals surface area contributed by atoms with E-state index in [-0.39, 0.29) is 0 Å². The number of hydrogen-bond acceptors (Lipinski definition) is 0. The summed E-state index contributed by atoms with van der Waals surface area (Å²) in [7, 11) is 0. The molecule has 0 bridgehead atoms. The molecule has 0 atom stereocenters. The molecule has 2 aromatic rings. The van der Waals surface area contributed by atoms with E-state index < -0.39 is 0 Å². The van der Waals surface area contributed by atoms with Crippen LogP contribution in [-0.2, 0) is 0 Å². The summed E-state index contributed by atoms with van der Waals surface area (Å²) < 4.78 is 0. The average molecular weight is 313 g/mol. The lowest BCUT2D eigenvalue weighted by Gasteiger charge is -2.00. The molecule has 0 aliphatic carbocycles. The zero-order chi connectivity index (χ0) is 16.6. The highest BCUT2D eigenvalue weighted by Gasteiger charge is 1.91. The van der Waals surface area contributed by atoms with Crippen LogP contribution >= 0.6 is 0 Å². The maximum atomic E-state index is 2.28. The monoisotopic (exact) mass is 312 g/mol. The molecule has 0 nitrogen and oxygen atoms in total. The highest BCUT2D eigenvalue weighted by Crippen LogP contribution is 2.11. The van der Waals surface area contributed by atoms with E-state index in [0.717, 1.165) is 0 Å². The molecule has 0 amide bonds. The summed E-state index contributed by atoms with van der Waals surface area (Å²) in [5.41, 5.74) is 0. The van der Waals surface area contributed by atoms with Gasteiger partial charge >= 0.3 is 0 Å². The van der Waals surface area contributed by atoms with Crippen molar-refractivity contribution in [3.63, 3.8) is 0 Å². The van der Waals surface area contributed by atoms with Crippen molar-refractivity contribution < 1.29 is 0 Å². The van der Waals surface area contributed by atoms with Gasteiger partial charge in [-0.15, -0.1) is 0 Å². The van der Waals surface area contributed by atoms with E-state index >= 15 is 0 Å². The minimum Gasteiger partial charge on any atom is -0.0654 e. The van der Waals surface area contributed by atoms with Crippen molar-refractivity contribution in [2.75, 3.05) is 0 Å². The Morgan fingerprint density at radius 1 is 0.435 bits per heavy atom. The maximum absolute atomic E-state index is 2.28. The van der Waals surface area contributed by atoms with E-state index in [1.165, 1.54) is 81.4 Å². The molecule has 0 radical (unpaired) electrons. The lowest BCUT2D eigenvalue weighted by atomic mass is 10.1. The topological polar surface area (TPSA) is 0 Å². The van der Waals surface area contributed by atoms with Crippen molar-refractivity contribution in [2.24, 2.45) is 0 Å². The van der Waals surface area contributed by atoms with Crippen molar-refractivity contribution in [3.8, 4) is 0 Å². The van der Waals surface area contributed by atoms with Crippen LogP contribution < -0.4 is 0 Å². The quantitative estimate of drug-likeness (QED) is 0.388. The van der Waals surface area contributed by atoms with Crippen molar-refractivity contribution in [1.29, 1.82) is 0 Å². The van der Waals surface area contributed by atoms with E-state index in [4.69, 9.17) is 0 Å². The largest absolute Gasteiger partial charge is 0.0654 e.